The number of carbonyl (C=O) groups is 3. The summed E-state index contributed by atoms with van der Waals surface area (Å²) in [5.41, 5.74) is -6.26. The van der Waals surface area contributed by atoms with E-state index in [1.807, 2.05) is 13.8 Å². The Balaban J connectivity index is 1.86. The number of alkyl halides is 3. The van der Waals surface area contributed by atoms with Crippen molar-refractivity contribution in [2.24, 2.45) is 28.6 Å². The maximum absolute atomic E-state index is 17.3. The van der Waals surface area contributed by atoms with Crippen LogP contribution in [0.5, 0.6) is 0 Å². The molecule has 0 saturated heterocycles. The number of carbonyl (C=O) groups excluding carboxylic acids is 3. The predicted molar refractivity (Wildman–Crippen MR) is 138 cm³/mol. The number of hydrogen-bond acceptors (Lipinski definition) is 6. The van der Waals surface area contributed by atoms with Gasteiger partial charge in [0, 0.05) is 29.1 Å². The van der Waals surface area contributed by atoms with Crippen LogP contribution in [0.4, 0.5) is 8.78 Å². The monoisotopic (exact) mass is 622 g/mol. The summed E-state index contributed by atoms with van der Waals surface area (Å²) in [4.78, 5) is 38.5. The summed E-state index contributed by atoms with van der Waals surface area (Å²) in [6.07, 6.45) is 1.48. The highest BCUT2D eigenvalue weighted by Gasteiger charge is 2.78. The van der Waals surface area contributed by atoms with Gasteiger partial charge < -0.3 is 9.84 Å². The summed E-state index contributed by atoms with van der Waals surface area (Å²) < 4.78 is 39.5. The van der Waals surface area contributed by atoms with E-state index in [1.54, 1.807) is 13.8 Å². The van der Waals surface area contributed by atoms with Gasteiger partial charge in [0.1, 0.15) is 6.17 Å². The van der Waals surface area contributed by atoms with Crippen LogP contribution in [0.1, 0.15) is 59.8 Å². The summed E-state index contributed by atoms with van der Waals surface area (Å²) in [5, 5.41) is 11.2. The molecule has 0 unspecified atom stereocenters. The number of halogens is 3. The van der Waals surface area contributed by atoms with E-state index in [0.29, 0.717) is 16.6 Å². The van der Waals surface area contributed by atoms with E-state index >= 15 is 8.78 Å². The lowest BCUT2D eigenvalue weighted by Crippen LogP contribution is -2.70. The van der Waals surface area contributed by atoms with Gasteiger partial charge in [-0.3, -0.25) is 14.4 Å². The molecule has 9 heteroatoms. The van der Waals surface area contributed by atoms with Crippen LogP contribution in [0.2, 0.25) is 0 Å². The van der Waals surface area contributed by atoms with Crippen molar-refractivity contribution in [3.63, 3.8) is 0 Å². The van der Waals surface area contributed by atoms with Crippen LogP contribution >= 0.6 is 34.4 Å². The Morgan fingerprint density at radius 2 is 1.97 bits per heavy atom. The van der Waals surface area contributed by atoms with Gasteiger partial charge in [-0.05, 0) is 56.3 Å². The molecule has 4 aliphatic carbocycles. The molecule has 3 saturated carbocycles. The minimum atomic E-state index is -2.23. The van der Waals surface area contributed by atoms with E-state index in [1.165, 1.54) is 12.2 Å². The first-order valence-electron chi connectivity index (χ1n) is 12.2. The first-order chi connectivity index (χ1) is 16.3. The molecule has 35 heavy (non-hydrogen) atoms. The second-order valence-electron chi connectivity index (χ2n) is 11.0. The average molecular weight is 623 g/mol. The van der Waals surface area contributed by atoms with E-state index in [2.05, 4.69) is 22.6 Å². The zero-order valence-corrected chi connectivity index (χ0v) is 23.5. The molecule has 0 aromatic heterocycles. The van der Waals surface area contributed by atoms with Gasteiger partial charge >= 0.3 is 5.97 Å². The first kappa shape index (κ1) is 27.2. The third-order valence-corrected chi connectivity index (χ3v) is 11.0. The largest absolute Gasteiger partial charge is 0.449 e. The van der Waals surface area contributed by atoms with Crippen molar-refractivity contribution in [1.82, 2.24) is 0 Å². The van der Waals surface area contributed by atoms with Crippen molar-refractivity contribution in [2.75, 3.05) is 3.76 Å². The van der Waals surface area contributed by atoms with Gasteiger partial charge in [-0.1, -0.05) is 61.2 Å². The number of ether oxygens (including phenoxy) is 1. The number of esters is 1. The second-order valence-corrected chi connectivity index (χ2v) is 13.7. The Kier molecular flexibility index (Phi) is 7.15. The lowest BCUT2D eigenvalue weighted by molar-refractivity contribution is -0.228. The van der Waals surface area contributed by atoms with Gasteiger partial charge in [-0.25, -0.2) is 8.78 Å². The smallest absolute Gasteiger partial charge is 0.306 e. The molecule has 0 radical (unpaired) electrons. The Labute approximate surface area is 223 Å². The van der Waals surface area contributed by atoms with Crippen LogP contribution < -0.4 is 0 Å². The number of thioether (sulfide) groups is 1. The molecule has 0 spiro atoms. The van der Waals surface area contributed by atoms with Crippen LogP contribution in [0.25, 0.3) is 0 Å². The third kappa shape index (κ3) is 3.56. The van der Waals surface area contributed by atoms with Gasteiger partial charge in [0.2, 0.25) is 5.12 Å². The van der Waals surface area contributed by atoms with Crippen molar-refractivity contribution < 1.29 is 33.0 Å². The van der Waals surface area contributed by atoms with Crippen LogP contribution in [0.15, 0.2) is 23.8 Å². The number of ketones is 1. The zero-order valence-electron chi connectivity index (χ0n) is 20.5. The molecule has 4 rings (SSSR count). The first-order valence-corrected chi connectivity index (χ1v) is 14.8. The highest BCUT2D eigenvalue weighted by atomic mass is 127. The number of aliphatic hydroxyl groups excluding tert-OH is 1. The molecule has 194 valence electrons. The highest BCUT2D eigenvalue weighted by molar-refractivity contribution is 14.1. The van der Waals surface area contributed by atoms with Crippen LogP contribution in [0.3, 0.4) is 0 Å². The maximum atomic E-state index is 17.3. The van der Waals surface area contributed by atoms with Crippen LogP contribution in [-0.4, -0.2) is 49.3 Å². The summed E-state index contributed by atoms with van der Waals surface area (Å²) in [6, 6.07) is 0. The minimum Gasteiger partial charge on any atom is -0.449 e. The molecule has 5 nitrogen and oxygen atoms in total. The molecule has 1 N–H and O–H groups in total. The van der Waals surface area contributed by atoms with Crippen molar-refractivity contribution in [2.45, 2.75) is 83.3 Å². The molecule has 0 aromatic rings. The Hall–Kier alpha value is -0.810. The summed E-state index contributed by atoms with van der Waals surface area (Å²) in [5.74, 6) is -2.73. The molecule has 0 heterocycles. The summed E-state index contributed by atoms with van der Waals surface area (Å²) in [7, 11) is 0. The third-order valence-electron chi connectivity index (χ3n) is 9.39. The number of allylic oxidation sites excluding steroid dienone is 4. The zero-order chi connectivity index (χ0) is 26.0. The molecule has 3 fully saturated rings. The fourth-order valence-corrected chi connectivity index (χ4v) is 9.45. The number of fused-ring (bicyclic) bond motifs is 5. The van der Waals surface area contributed by atoms with Crippen molar-refractivity contribution >= 4 is 51.2 Å². The van der Waals surface area contributed by atoms with E-state index in [-0.39, 0.29) is 30.0 Å². The second kappa shape index (κ2) is 9.19. The Morgan fingerprint density at radius 3 is 2.60 bits per heavy atom. The highest BCUT2D eigenvalue weighted by Crippen LogP contribution is 2.72. The fourth-order valence-electron chi connectivity index (χ4n) is 7.81. The SMILES string of the molecule is CCCC(=O)O[C@]1(C(=O)SCI)[C@H](C)C[C@H]2[C@@H]3C[C@H](F)C4=CC(=O)C=C[C@]4(C)[C@@]3(F)[C@@H](O)C[C@@]21C. The van der Waals surface area contributed by atoms with E-state index in [4.69, 9.17) is 4.74 Å². The topological polar surface area (TPSA) is 80.7 Å². The van der Waals surface area contributed by atoms with Gasteiger partial charge in [-0.15, -0.1) is 0 Å². The quantitative estimate of drug-likeness (QED) is 0.255. The van der Waals surface area contributed by atoms with E-state index in [0.717, 1.165) is 17.8 Å². The lowest BCUT2D eigenvalue weighted by atomic mass is 9.44. The van der Waals surface area contributed by atoms with Crippen molar-refractivity contribution in [3.05, 3.63) is 23.8 Å². The molecular formula is C26H33F2IO5S. The summed E-state index contributed by atoms with van der Waals surface area (Å²) >= 11 is 3.13. The fraction of sp³-hybridized carbons (Fsp3) is 0.731. The minimum absolute atomic E-state index is 0.0645. The van der Waals surface area contributed by atoms with Gasteiger partial charge in [0.15, 0.2) is 17.1 Å². The molecule has 0 bridgehead atoms. The summed E-state index contributed by atoms with van der Waals surface area (Å²) in [6.45, 7) is 7.03. The normalized spacial score (nSPS) is 46.3. The number of aliphatic hydroxyl groups is 1. The van der Waals surface area contributed by atoms with Gasteiger partial charge in [-0.2, -0.15) is 0 Å². The van der Waals surface area contributed by atoms with Gasteiger partial charge in [0.05, 0.1) is 9.86 Å². The van der Waals surface area contributed by atoms with Crippen LogP contribution in [-0.2, 0) is 19.1 Å². The molecular weight excluding hydrogens is 589 g/mol. The predicted octanol–water partition coefficient (Wildman–Crippen LogP) is 5.29. The van der Waals surface area contributed by atoms with Crippen molar-refractivity contribution in [1.29, 1.82) is 0 Å². The molecule has 0 aromatic carbocycles. The van der Waals surface area contributed by atoms with E-state index in [9.17, 15) is 19.5 Å². The standard InChI is InChI=1S/C26H33F2IO5S/c1-5-6-21(32)34-26(22(33)35-13-29)14(2)9-16-17-11-19(27)18-10-15(30)7-8-23(18,3)25(17,28)20(31)12-24(16,26)4/h7-8,10,14,16-17,19-20,31H,5-6,9,11-13H2,1-4H3/t14-,16+,17+,19+,20+,23+,24+,25+,26+/m1/s1. The van der Waals surface area contributed by atoms with Crippen LogP contribution in [0, 0.1) is 28.6 Å². The van der Waals surface area contributed by atoms with E-state index < -0.39 is 63.9 Å². The molecule has 0 amide bonds. The Bertz CT molecular complexity index is 1000. The number of rotatable bonds is 5. The molecule has 9 atom stereocenters. The Morgan fingerprint density at radius 1 is 1.29 bits per heavy atom. The van der Waals surface area contributed by atoms with Gasteiger partial charge in [0.25, 0.3) is 0 Å². The number of hydrogen-bond donors (Lipinski definition) is 1. The molecule has 0 aliphatic heterocycles. The maximum Gasteiger partial charge on any atom is 0.306 e. The molecule has 4 aliphatic rings. The van der Waals surface area contributed by atoms with Crippen molar-refractivity contribution in [3.8, 4) is 0 Å². The lowest BCUT2D eigenvalue weighted by Gasteiger charge is -2.63. The average Bonchev–Trinajstić information content (AvgIpc) is 2.99.